The van der Waals surface area contributed by atoms with Crippen molar-refractivity contribution in [3.8, 4) is 0 Å². The van der Waals surface area contributed by atoms with E-state index in [1.165, 1.54) is 0 Å². The topological polar surface area (TPSA) is 116 Å². The molecule has 1 fully saturated rings. The molecule has 0 aliphatic heterocycles. The summed E-state index contributed by atoms with van der Waals surface area (Å²) in [7, 11) is 0. The van der Waals surface area contributed by atoms with E-state index in [1.807, 2.05) is 12.1 Å². The molecule has 1 aliphatic rings. The maximum absolute atomic E-state index is 12.4. The standard InChI is InChI=1S/C26H32N4O4/c31-23(19-7-3-1-4-8-19)27-15-17-29-25(33)21-11-13-22(14-12-21)26(34)30-18-16-28-24(32)20-9-5-2-6-10-20/h1-10,21-22H,11-18H2,(H,27,31)(H,28,32)(H,29,33)(H,30,34). The third kappa shape index (κ3) is 7.72. The van der Waals surface area contributed by atoms with Crippen molar-refractivity contribution < 1.29 is 19.2 Å². The second-order valence-corrected chi connectivity index (χ2v) is 8.37. The summed E-state index contributed by atoms with van der Waals surface area (Å²) in [6.45, 7) is 1.45. The highest BCUT2D eigenvalue weighted by atomic mass is 16.2. The molecule has 34 heavy (non-hydrogen) atoms. The first-order valence-electron chi connectivity index (χ1n) is 11.8. The van der Waals surface area contributed by atoms with Crippen LogP contribution in [0.15, 0.2) is 60.7 Å². The Kier molecular flexibility index (Phi) is 9.64. The Labute approximate surface area is 199 Å². The average Bonchev–Trinajstić information content (AvgIpc) is 2.89. The van der Waals surface area contributed by atoms with Gasteiger partial charge in [0, 0.05) is 49.1 Å². The lowest BCUT2D eigenvalue weighted by atomic mass is 9.81. The van der Waals surface area contributed by atoms with Crippen LogP contribution in [-0.2, 0) is 9.59 Å². The van der Waals surface area contributed by atoms with Crippen molar-refractivity contribution >= 4 is 23.6 Å². The molecule has 0 saturated heterocycles. The highest BCUT2D eigenvalue weighted by molar-refractivity contribution is 5.94. The monoisotopic (exact) mass is 464 g/mol. The van der Waals surface area contributed by atoms with Crippen molar-refractivity contribution in [1.82, 2.24) is 21.3 Å². The van der Waals surface area contributed by atoms with E-state index in [0.29, 0.717) is 63.0 Å². The highest BCUT2D eigenvalue weighted by Gasteiger charge is 2.29. The molecule has 2 aromatic rings. The summed E-state index contributed by atoms with van der Waals surface area (Å²) in [4.78, 5) is 48.8. The smallest absolute Gasteiger partial charge is 0.251 e. The quantitative estimate of drug-likeness (QED) is 0.402. The number of benzene rings is 2. The van der Waals surface area contributed by atoms with Crippen LogP contribution in [0.1, 0.15) is 46.4 Å². The van der Waals surface area contributed by atoms with Crippen LogP contribution < -0.4 is 21.3 Å². The van der Waals surface area contributed by atoms with Gasteiger partial charge in [0.1, 0.15) is 0 Å². The first-order chi connectivity index (χ1) is 16.5. The van der Waals surface area contributed by atoms with Crippen LogP contribution in [0.2, 0.25) is 0 Å². The summed E-state index contributed by atoms with van der Waals surface area (Å²) in [6.07, 6.45) is 2.63. The molecule has 2 aromatic carbocycles. The molecular weight excluding hydrogens is 432 g/mol. The Morgan fingerprint density at radius 2 is 0.853 bits per heavy atom. The Bertz CT molecular complexity index is 878. The third-order valence-corrected chi connectivity index (χ3v) is 5.96. The van der Waals surface area contributed by atoms with E-state index in [-0.39, 0.29) is 35.5 Å². The van der Waals surface area contributed by atoms with Gasteiger partial charge in [-0.05, 0) is 49.9 Å². The molecule has 1 aliphatic carbocycles. The van der Waals surface area contributed by atoms with Gasteiger partial charge in [-0.25, -0.2) is 0 Å². The Balaban J connectivity index is 1.26. The van der Waals surface area contributed by atoms with Crippen LogP contribution in [0.5, 0.6) is 0 Å². The molecule has 0 radical (unpaired) electrons. The van der Waals surface area contributed by atoms with Gasteiger partial charge < -0.3 is 21.3 Å². The van der Waals surface area contributed by atoms with Gasteiger partial charge in [-0.3, -0.25) is 19.2 Å². The number of carbonyl (C=O) groups is 4. The van der Waals surface area contributed by atoms with Gasteiger partial charge >= 0.3 is 0 Å². The number of hydrogen-bond acceptors (Lipinski definition) is 4. The normalized spacial score (nSPS) is 17.3. The molecule has 3 rings (SSSR count). The zero-order valence-electron chi connectivity index (χ0n) is 19.2. The Hall–Kier alpha value is -3.68. The molecule has 0 bridgehead atoms. The average molecular weight is 465 g/mol. The minimum atomic E-state index is -0.166. The van der Waals surface area contributed by atoms with Gasteiger partial charge in [-0.1, -0.05) is 36.4 Å². The van der Waals surface area contributed by atoms with Crippen molar-refractivity contribution in [3.63, 3.8) is 0 Å². The number of carbonyl (C=O) groups excluding carboxylic acids is 4. The van der Waals surface area contributed by atoms with E-state index in [1.54, 1.807) is 48.5 Å². The second-order valence-electron chi connectivity index (χ2n) is 8.37. The first-order valence-corrected chi connectivity index (χ1v) is 11.8. The molecule has 4 N–H and O–H groups in total. The lowest BCUT2D eigenvalue weighted by molar-refractivity contribution is -0.130. The fourth-order valence-electron chi connectivity index (χ4n) is 4.01. The minimum absolute atomic E-state index is 0.0311. The van der Waals surface area contributed by atoms with Gasteiger partial charge in [0.2, 0.25) is 11.8 Å². The van der Waals surface area contributed by atoms with Gasteiger partial charge in [0.15, 0.2) is 0 Å². The van der Waals surface area contributed by atoms with Gasteiger partial charge in [-0.15, -0.1) is 0 Å². The maximum atomic E-state index is 12.4. The molecule has 8 heteroatoms. The zero-order chi connectivity index (χ0) is 24.2. The molecule has 0 unspecified atom stereocenters. The minimum Gasteiger partial charge on any atom is -0.354 e. The van der Waals surface area contributed by atoms with Crippen LogP contribution in [0.25, 0.3) is 0 Å². The highest BCUT2D eigenvalue weighted by Crippen LogP contribution is 2.29. The molecule has 8 nitrogen and oxygen atoms in total. The molecule has 0 atom stereocenters. The molecule has 0 aromatic heterocycles. The Morgan fingerprint density at radius 1 is 0.529 bits per heavy atom. The number of nitrogens with one attached hydrogen (secondary N) is 4. The van der Waals surface area contributed by atoms with Crippen molar-refractivity contribution in [2.24, 2.45) is 11.8 Å². The summed E-state index contributed by atoms with van der Waals surface area (Å²) in [6, 6.07) is 17.9. The predicted octanol–water partition coefficient (Wildman–Crippen LogP) is 1.89. The fourth-order valence-corrected chi connectivity index (χ4v) is 4.01. The van der Waals surface area contributed by atoms with Gasteiger partial charge in [0.05, 0.1) is 0 Å². The van der Waals surface area contributed by atoms with Crippen LogP contribution in [0, 0.1) is 11.8 Å². The van der Waals surface area contributed by atoms with Crippen LogP contribution >= 0.6 is 0 Å². The zero-order valence-corrected chi connectivity index (χ0v) is 19.2. The van der Waals surface area contributed by atoms with E-state index in [2.05, 4.69) is 21.3 Å². The van der Waals surface area contributed by atoms with Crippen molar-refractivity contribution in [2.75, 3.05) is 26.2 Å². The number of amides is 4. The second kappa shape index (κ2) is 13.1. The van der Waals surface area contributed by atoms with Crippen molar-refractivity contribution in [2.45, 2.75) is 25.7 Å². The van der Waals surface area contributed by atoms with Gasteiger partial charge in [-0.2, -0.15) is 0 Å². The first kappa shape index (κ1) is 25.0. The number of hydrogen-bond donors (Lipinski definition) is 4. The van der Waals surface area contributed by atoms with E-state index in [4.69, 9.17) is 0 Å². The number of rotatable bonds is 10. The fraction of sp³-hybridized carbons (Fsp3) is 0.385. The van der Waals surface area contributed by atoms with E-state index >= 15 is 0 Å². The third-order valence-electron chi connectivity index (χ3n) is 5.96. The van der Waals surface area contributed by atoms with Crippen LogP contribution in [0.4, 0.5) is 0 Å². The van der Waals surface area contributed by atoms with E-state index in [9.17, 15) is 19.2 Å². The van der Waals surface area contributed by atoms with Crippen molar-refractivity contribution in [3.05, 3.63) is 71.8 Å². The SMILES string of the molecule is O=C(NCCNC(=O)C1CCC(C(=O)NCCNC(=O)c2ccccc2)CC1)c1ccccc1. The molecule has 0 spiro atoms. The Morgan fingerprint density at radius 3 is 1.21 bits per heavy atom. The summed E-state index contributed by atoms with van der Waals surface area (Å²) in [5, 5.41) is 11.3. The lowest BCUT2D eigenvalue weighted by Crippen LogP contribution is -2.41. The summed E-state index contributed by atoms with van der Waals surface area (Å²) in [5.74, 6) is -0.618. The van der Waals surface area contributed by atoms with Gasteiger partial charge in [0.25, 0.3) is 11.8 Å². The maximum Gasteiger partial charge on any atom is 0.251 e. The van der Waals surface area contributed by atoms with E-state index < -0.39 is 0 Å². The predicted molar refractivity (Wildman–Crippen MR) is 129 cm³/mol. The molecule has 180 valence electrons. The molecule has 4 amide bonds. The van der Waals surface area contributed by atoms with E-state index in [0.717, 1.165) is 0 Å². The molecule has 0 heterocycles. The summed E-state index contributed by atoms with van der Waals surface area (Å²) < 4.78 is 0. The summed E-state index contributed by atoms with van der Waals surface area (Å²) in [5.41, 5.74) is 1.17. The van der Waals surface area contributed by atoms with Crippen LogP contribution in [-0.4, -0.2) is 49.8 Å². The van der Waals surface area contributed by atoms with Crippen LogP contribution in [0.3, 0.4) is 0 Å². The van der Waals surface area contributed by atoms with Crippen molar-refractivity contribution in [1.29, 1.82) is 0 Å². The molecule has 1 saturated carbocycles. The molecular formula is C26H32N4O4. The summed E-state index contributed by atoms with van der Waals surface area (Å²) >= 11 is 0. The largest absolute Gasteiger partial charge is 0.354 e. The lowest BCUT2D eigenvalue weighted by Gasteiger charge is -2.27.